The van der Waals surface area contributed by atoms with Gasteiger partial charge in [0.2, 0.25) is 6.79 Å². The zero-order valence-corrected chi connectivity index (χ0v) is 12.8. The number of hydrogen-bond acceptors (Lipinski definition) is 8. The molecule has 2 heterocycles. The van der Waals surface area contributed by atoms with Gasteiger partial charge in [0, 0.05) is 0 Å². The Balaban J connectivity index is 1.96. The number of imide groups is 1. The minimum atomic E-state index is -0.829. The summed E-state index contributed by atoms with van der Waals surface area (Å²) in [5, 5.41) is 13.5. The third-order valence-corrected chi connectivity index (χ3v) is 3.50. The van der Waals surface area contributed by atoms with E-state index in [1.54, 1.807) is 0 Å². The van der Waals surface area contributed by atoms with E-state index in [1.165, 1.54) is 12.1 Å². The van der Waals surface area contributed by atoms with E-state index in [9.17, 15) is 24.5 Å². The van der Waals surface area contributed by atoms with Gasteiger partial charge >= 0.3 is 12.0 Å². The molecule has 3 rings (SSSR count). The fourth-order valence-electron chi connectivity index (χ4n) is 2.29. The number of ether oxygens (including phenoxy) is 3. The maximum atomic E-state index is 12.2. The van der Waals surface area contributed by atoms with Crippen LogP contribution in [-0.2, 0) is 14.3 Å². The molecule has 0 saturated carbocycles. The standard InChI is InChI=1S/C14H11N3O8/c1-23-12(18)5-16-13(19)8(15-14(16)20)2-7-3-10-11(25-6-24-10)4-9(7)17(21)22/h2-4H,5-6H2,1H3,(H,15,20)/b8-2-. The lowest BCUT2D eigenvalue weighted by Crippen LogP contribution is -2.36. The summed E-state index contributed by atoms with van der Waals surface area (Å²) >= 11 is 0. The molecule has 3 amide bonds. The van der Waals surface area contributed by atoms with Gasteiger partial charge in [0.25, 0.3) is 11.6 Å². The molecule has 0 unspecified atom stereocenters. The molecule has 2 aliphatic heterocycles. The van der Waals surface area contributed by atoms with E-state index >= 15 is 0 Å². The number of benzene rings is 1. The number of carbonyl (C=O) groups is 3. The first-order valence-electron chi connectivity index (χ1n) is 6.90. The number of nitro groups is 1. The van der Waals surface area contributed by atoms with Crippen LogP contribution in [0, 0.1) is 10.1 Å². The third-order valence-electron chi connectivity index (χ3n) is 3.50. The lowest BCUT2D eigenvalue weighted by atomic mass is 10.1. The molecular formula is C14H11N3O8. The molecule has 11 heteroatoms. The molecule has 1 saturated heterocycles. The molecule has 0 radical (unpaired) electrons. The Morgan fingerprint density at radius 1 is 1.40 bits per heavy atom. The van der Waals surface area contributed by atoms with Crippen molar-refractivity contribution < 1.29 is 33.5 Å². The van der Waals surface area contributed by atoms with E-state index in [2.05, 4.69) is 10.1 Å². The van der Waals surface area contributed by atoms with Crippen molar-refractivity contribution in [1.29, 1.82) is 0 Å². The highest BCUT2D eigenvalue weighted by Gasteiger charge is 2.36. The topological polar surface area (TPSA) is 137 Å². The number of urea groups is 1. The molecular weight excluding hydrogens is 338 g/mol. The average molecular weight is 349 g/mol. The molecule has 0 bridgehead atoms. The van der Waals surface area contributed by atoms with Gasteiger partial charge in [0.05, 0.1) is 23.7 Å². The minimum Gasteiger partial charge on any atom is -0.468 e. The first kappa shape index (κ1) is 16.2. The van der Waals surface area contributed by atoms with E-state index in [4.69, 9.17) is 9.47 Å². The summed E-state index contributed by atoms with van der Waals surface area (Å²) in [6.45, 7) is -0.642. The van der Waals surface area contributed by atoms with Crippen LogP contribution in [0.1, 0.15) is 5.56 Å². The molecule has 0 spiro atoms. The molecule has 0 aromatic heterocycles. The van der Waals surface area contributed by atoms with Gasteiger partial charge in [0.15, 0.2) is 11.5 Å². The van der Waals surface area contributed by atoms with Crippen molar-refractivity contribution >= 4 is 29.7 Å². The first-order chi connectivity index (χ1) is 11.9. The predicted molar refractivity (Wildman–Crippen MR) is 79.5 cm³/mol. The summed E-state index contributed by atoms with van der Waals surface area (Å²) in [5.41, 5.74) is -0.501. The number of nitro benzene ring substituents is 1. The van der Waals surface area contributed by atoms with Crippen molar-refractivity contribution in [1.82, 2.24) is 10.2 Å². The van der Waals surface area contributed by atoms with Crippen molar-refractivity contribution in [3.63, 3.8) is 0 Å². The van der Waals surface area contributed by atoms with Crippen LogP contribution in [0.25, 0.3) is 6.08 Å². The lowest BCUT2D eigenvalue weighted by Gasteiger charge is -2.09. The van der Waals surface area contributed by atoms with Crippen LogP contribution >= 0.6 is 0 Å². The van der Waals surface area contributed by atoms with Gasteiger partial charge in [0.1, 0.15) is 12.2 Å². The Bertz CT molecular complexity index is 832. The van der Waals surface area contributed by atoms with Crippen LogP contribution in [0.3, 0.4) is 0 Å². The number of carbonyl (C=O) groups excluding carboxylic acids is 3. The maximum Gasteiger partial charge on any atom is 0.329 e. The molecule has 1 N–H and O–H groups in total. The second-order valence-corrected chi connectivity index (χ2v) is 4.98. The molecule has 1 fully saturated rings. The number of fused-ring (bicyclic) bond motifs is 1. The van der Waals surface area contributed by atoms with E-state index in [0.717, 1.165) is 13.2 Å². The Labute approximate surface area is 139 Å². The van der Waals surface area contributed by atoms with Crippen molar-refractivity contribution in [2.45, 2.75) is 0 Å². The monoisotopic (exact) mass is 349 g/mol. The van der Waals surface area contributed by atoms with Crippen LogP contribution in [-0.4, -0.2) is 48.2 Å². The number of rotatable bonds is 4. The first-order valence-corrected chi connectivity index (χ1v) is 6.90. The van der Waals surface area contributed by atoms with Gasteiger partial charge in [-0.3, -0.25) is 19.7 Å². The van der Waals surface area contributed by atoms with Crippen molar-refractivity contribution in [3.05, 3.63) is 33.5 Å². The smallest absolute Gasteiger partial charge is 0.329 e. The van der Waals surface area contributed by atoms with Crippen LogP contribution in [0.4, 0.5) is 10.5 Å². The normalized spacial score (nSPS) is 17.0. The molecule has 0 aliphatic carbocycles. The number of esters is 1. The summed E-state index contributed by atoms with van der Waals surface area (Å²) in [5.74, 6) is -1.09. The van der Waals surface area contributed by atoms with Gasteiger partial charge in [-0.05, 0) is 12.1 Å². The van der Waals surface area contributed by atoms with Crippen LogP contribution in [0.5, 0.6) is 11.5 Å². The van der Waals surface area contributed by atoms with Gasteiger partial charge in [-0.1, -0.05) is 0 Å². The highest BCUT2D eigenvalue weighted by Crippen LogP contribution is 2.38. The van der Waals surface area contributed by atoms with Gasteiger partial charge in [-0.25, -0.2) is 9.69 Å². The average Bonchev–Trinajstić information content (AvgIpc) is 3.13. The molecule has 25 heavy (non-hydrogen) atoms. The quantitative estimate of drug-likeness (QED) is 0.271. The van der Waals surface area contributed by atoms with Gasteiger partial charge in [-0.2, -0.15) is 0 Å². The fourth-order valence-corrected chi connectivity index (χ4v) is 2.29. The second kappa shape index (κ2) is 6.11. The number of hydrogen-bond donors (Lipinski definition) is 1. The number of amides is 3. The summed E-state index contributed by atoms with van der Waals surface area (Å²) in [6, 6.07) is 1.67. The number of nitrogens with zero attached hydrogens (tertiary/aromatic N) is 2. The predicted octanol–water partition coefficient (Wildman–Crippen LogP) is 0.389. The molecule has 1 aromatic carbocycles. The molecule has 2 aliphatic rings. The molecule has 0 atom stereocenters. The van der Waals surface area contributed by atoms with Crippen LogP contribution < -0.4 is 14.8 Å². The highest BCUT2D eigenvalue weighted by atomic mass is 16.7. The van der Waals surface area contributed by atoms with Gasteiger partial charge < -0.3 is 19.5 Å². The van der Waals surface area contributed by atoms with Crippen LogP contribution in [0.2, 0.25) is 0 Å². The van der Waals surface area contributed by atoms with Crippen molar-refractivity contribution in [2.24, 2.45) is 0 Å². The molecule has 1 aromatic rings. The zero-order chi connectivity index (χ0) is 18.1. The highest BCUT2D eigenvalue weighted by molar-refractivity contribution is 6.15. The Morgan fingerprint density at radius 2 is 2.08 bits per heavy atom. The summed E-state index contributed by atoms with van der Waals surface area (Å²) in [6.07, 6.45) is 1.14. The van der Waals surface area contributed by atoms with Gasteiger partial charge in [-0.15, -0.1) is 0 Å². The summed E-state index contributed by atoms with van der Waals surface area (Å²) in [4.78, 5) is 46.5. The SMILES string of the molecule is COC(=O)CN1C(=O)N/C(=C\c2cc3c(cc2[N+](=O)[O-])OCO3)C1=O. The van der Waals surface area contributed by atoms with E-state index < -0.39 is 29.4 Å². The van der Waals surface area contributed by atoms with Crippen LogP contribution in [0.15, 0.2) is 17.8 Å². The van der Waals surface area contributed by atoms with E-state index in [-0.39, 0.29) is 35.2 Å². The zero-order valence-electron chi connectivity index (χ0n) is 12.8. The van der Waals surface area contributed by atoms with E-state index in [0.29, 0.717) is 4.90 Å². The second-order valence-electron chi connectivity index (χ2n) is 4.98. The Morgan fingerprint density at radius 3 is 2.72 bits per heavy atom. The molecule has 130 valence electrons. The van der Waals surface area contributed by atoms with Crippen molar-refractivity contribution in [2.75, 3.05) is 20.4 Å². The Kier molecular flexibility index (Phi) is 3.97. The Hall–Kier alpha value is -3.63. The number of methoxy groups -OCH3 is 1. The maximum absolute atomic E-state index is 12.2. The molecule has 11 nitrogen and oxygen atoms in total. The largest absolute Gasteiger partial charge is 0.468 e. The third kappa shape index (κ3) is 2.94. The van der Waals surface area contributed by atoms with E-state index in [1.807, 2.05) is 0 Å². The number of nitrogens with one attached hydrogen (secondary N) is 1. The lowest BCUT2D eigenvalue weighted by molar-refractivity contribution is -0.385. The van der Waals surface area contributed by atoms with Crippen molar-refractivity contribution in [3.8, 4) is 11.5 Å². The summed E-state index contributed by atoms with van der Waals surface area (Å²) in [7, 11) is 1.12. The summed E-state index contributed by atoms with van der Waals surface area (Å²) < 4.78 is 14.6. The minimum absolute atomic E-state index is 0.0396. The fraction of sp³-hybridized carbons (Fsp3) is 0.214.